The zero-order valence-corrected chi connectivity index (χ0v) is 14.4. The van der Waals surface area contributed by atoms with Crippen LogP contribution in [0.15, 0.2) is 36.5 Å². The van der Waals surface area contributed by atoms with E-state index in [1.165, 1.54) is 0 Å². The second-order valence-electron chi connectivity index (χ2n) is 6.58. The van der Waals surface area contributed by atoms with Crippen LogP contribution in [0, 0.1) is 12.8 Å². The number of amides is 1. The molecule has 6 nitrogen and oxygen atoms in total. The van der Waals surface area contributed by atoms with Crippen molar-refractivity contribution in [3.63, 3.8) is 0 Å². The molecule has 2 heterocycles. The van der Waals surface area contributed by atoms with E-state index in [1.807, 2.05) is 42.2 Å². The minimum absolute atomic E-state index is 0.0142. The average molecular weight is 341 g/mol. The Morgan fingerprint density at radius 1 is 1.28 bits per heavy atom. The van der Waals surface area contributed by atoms with Gasteiger partial charge in [0, 0.05) is 19.5 Å². The molecule has 0 radical (unpaired) electrons. The number of rotatable bonds is 5. The van der Waals surface area contributed by atoms with E-state index in [-0.39, 0.29) is 18.2 Å². The van der Waals surface area contributed by atoms with Crippen LogP contribution in [0.2, 0.25) is 0 Å². The first-order chi connectivity index (χ1) is 12.1. The van der Waals surface area contributed by atoms with Gasteiger partial charge in [0.1, 0.15) is 0 Å². The van der Waals surface area contributed by atoms with E-state index in [0.29, 0.717) is 18.5 Å². The quantitative estimate of drug-likeness (QED) is 0.907. The summed E-state index contributed by atoms with van der Waals surface area (Å²) in [5, 5.41) is 13.2. The minimum Gasteiger partial charge on any atom is -0.481 e. The third kappa shape index (κ3) is 3.90. The third-order valence-electron chi connectivity index (χ3n) is 4.81. The van der Waals surface area contributed by atoms with Gasteiger partial charge < -0.3 is 10.0 Å². The van der Waals surface area contributed by atoms with E-state index in [4.69, 9.17) is 5.11 Å². The first kappa shape index (κ1) is 17.2. The normalized spacial score (nSPS) is 17.5. The van der Waals surface area contributed by atoms with Crippen LogP contribution < -0.4 is 0 Å². The zero-order valence-electron chi connectivity index (χ0n) is 14.4. The maximum absolute atomic E-state index is 12.9. The fraction of sp³-hybridized carbons (Fsp3) is 0.421. The second kappa shape index (κ2) is 7.51. The molecule has 1 aromatic heterocycles. The molecule has 132 valence electrons. The molecule has 1 aromatic carbocycles. The van der Waals surface area contributed by atoms with Gasteiger partial charge in [-0.25, -0.2) is 4.68 Å². The van der Waals surface area contributed by atoms with E-state index >= 15 is 0 Å². The summed E-state index contributed by atoms with van der Waals surface area (Å²) >= 11 is 0. The minimum atomic E-state index is -0.775. The van der Waals surface area contributed by atoms with Crippen molar-refractivity contribution in [2.45, 2.75) is 32.6 Å². The molecule has 1 unspecified atom stereocenters. The van der Waals surface area contributed by atoms with Crippen LogP contribution in [0.5, 0.6) is 0 Å². The third-order valence-corrected chi connectivity index (χ3v) is 4.81. The number of hydrogen-bond donors (Lipinski definition) is 1. The van der Waals surface area contributed by atoms with Crippen LogP contribution in [0.3, 0.4) is 0 Å². The Balaban J connectivity index is 1.73. The number of para-hydroxylation sites is 1. The van der Waals surface area contributed by atoms with Gasteiger partial charge >= 0.3 is 5.97 Å². The van der Waals surface area contributed by atoms with Crippen molar-refractivity contribution in [3.8, 4) is 5.69 Å². The fourth-order valence-corrected chi connectivity index (χ4v) is 3.43. The molecule has 1 aliphatic heterocycles. The molecule has 1 saturated heterocycles. The zero-order chi connectivity index (χ0) is 17.8. The summed E-state index contributed by atoms with van der Waals surface area (Å²) in [7, 11) is 0. The Kier molecular flexibility index (Phi) is 5.16. The maximum atomic E-state index is 12.9. The van der Waals surface area contributed by atoms with Crippen molar-refractivity contribution in [2.75, 3.05) is 13.1 Å². The first-order valence-corrected chi connectivity index (χ1v) is 8.67. The second-order valence-corrected chi connectivity index (χ2v) is 6.58. The highest BCUT2D eigenvalue weighted by Crippen LogP contribution is 2.24. The number of nitrogens with zero attached hydrogens (tertiary/aromatic N) is 3. The first-order valence-electron chi connectivity index (χ1n) is 8.67. The number of likely N-dealkylation sites (tertiary alicyclic amines) is 1. The number of aromatic nitrogens is 2. The van der Waals surface area contributed by atoms with Crippen LogP contribution in [-0.4, -0.2) is 44.8 Å². The van der Waals surface area contributed by atoms with Gasteiger partial charge in [-0.3, -0.25) is 9.59 Å². The van der Waals surface area contributed by atoms with Gasteiger partial charge in [-0.1, -0.05) is 18.2 Å². The lowest BCUT2D eigenvalue weighted by atomic mass is 9.93. The van der Waals surface area contributed by atoms with E-state index < -0.39 is 5.97 Å². The van der Waals surface area contributed by atoms with Crippen molar-refractivity contribution in [2.24, 2.45) is 5.92 Å². The molecule has 25 heavy (non-hydrogen) atoms. The molecule has 1 fully saturated rings. The number of piperidine rings is 1. The summed E-state index contributed by atoms with van der Waals surface area (Å²) in [4.78, 5) is 25.5. The van der Waals surface area contributed by atoms with Gasteiger partial charge in [-0.15, -0.1) is 0 Å². The molecule has 2 aromatic rings. The Hall–Kier alpha value is -2.63. The molecular formula is C19H23N3O3. The standard InChI is InChI=1S/C19H23N3O3/c1-14-17(12-20-22(14)16-7-3-2-4-8-16)19(25)21-11-5-6-15(13-21)9-10-18(23)24/h2-4,7-8,12,15H,5-6,9-11,13H2,1H3,(H,23,24). The summed E-state index contributed by atoms with van der Waals surface area (Å²) in [5.74, 6) is -0.526. The largest absolute Gasteiger partial charge is 0.481 e. The molecule has 1 atom stereocenters. The number of carboxylic acid groups (broad SMARTS) is 1. The van der Waals surface area contributed by atoms with Crippen LogP contribution in [0.25, 0.3) is 5.69 Å². The summed E-state index contributed by atoms with van der Waals surface area (Å²) < 4.78 is 1.78. The molecule has 1 amide bonds. The molecule has 3 rings (SSSR count). The van der Waals surface area contributed by atoms with E-state index in [0.717, 1.165) is 30.8 Å². The molecule has 6 heteroatoms. The highest BCUT2D eigenvalue weighted by Gasteiger charge is 2.27. The molecular weight excluding hydrogens is 318 g/mol. The van der Waals surface area contributed by atoms with E-state index in [1.54, 1.807) is 10.9 Å². The maximum Gasteiger partial charge on any atom is 0.303 e. The van der Waals surface area contributed by atoms with Crippen molar-refractivity contribution in [1.82, 2.24) is 14.7 Å². The van der Waals surface area contributed by atoms with Crippen molar-refractivity contribution in [1.29, 1.82) is 0 Å². The van der Waals surface area contributed by atoms with Crippen molar-refractivity contribution in [3.05, 3.63) is 47.8 Å². The average Bonchev–Trinajstić information content (AvgIpc) is 3.02. The summed E-state index contributed by atoms with van der Waals surface area (Å²) in [6.07, 6.45) is 4.33. The van der Waals surface area contributed by atoms with Crippen LogP contribution >= 0.6 is 0 Å². The van der Waals surface area contributed by atoms with Gasteiger partial charge in [0.15, 0.2) is 0 Å². The number of aliphatic carboxylic acids is 1. The predicted octanol–water partition coefficient (Wildman–Crippen LogP) is 2.90. The molecule has 1 N–H and O–H groups in total. The van der Waals surface area contributed by atoms with Gasteiger partial charge in [-0.05, 0) is 44.2 Å². The van der Waals surface area contributed by atoms with Gasteiger partial charge in [0.05, 0.1) is 23.1 Å². The molecule has 1 aliphatic rings. The number of carboxylic acids is 1. The monoisotopic (exact) mass is 341 g/mol. The molecule has 0 bridgehead atoms. The van der Waals surface area contributed by atoms with Gasteiger partial charge in [-0.2, -0.15) is 5.10 Å². The van der Waals surface area contributed by atoms with E-state index in [2.05, 4.69) is 5.10 Å². The van der Waals surface area contributed by atoms with E-state index in [9.17, 15) is 9.59 Å². The van der Waals surface area contributed by atoms with Crippen molar-refractivity contribution < 1.29 is 14.7 Å². The highest BCUT2D eigenvalue weighted by molar-refractivity contribution is 5.95. The van der Waals surface area contributed by atoms with Crippen LogP contribution in [0.4, 0.5) is 0 Å². The lowest BCUT2D eigenvalue weighted by molar-refractivity contribution is -0.137. The predicted molar refractivity (Wildman–Crippen MR) is 93.8 cm³/mol. The SMILES string of the molecule is Cc1c(C(=O)N2CCCC(CCC(=O)O)C2)cnn1-c1ccccc1. The highest BCUT2D eigenvalue weighted by atomic mass is 16.4. The smallest absolute Gasteiger partial charge is 0.303 e. The Bertz CT molecular complexity index is 755. The van der Waals surface area contributed by atoms with Crippen molar-refractivity contribution >= 4 is 11.9 Å². The Morgan fingerprint density at radius 2 is 2.04 bits per heavy atom. The Morgan fingerprint density at radius 3 is 2.76 bits per heavy atom. The number of carbonyl (C=O) groups is 2. The topological polar surface area (TPSA) is 75.4 Å². The lowest BCUT2D eigenvalue weighted by Gasteiger charge is -2.32. The van der Waals surface area contributed by atoms with Crippen LogP contribution in [0.1, 0.15) is 41.7 Å². The summed E-state index contributed by atoms with van der Waals surface area (Å²) in [6.45, 7) is 3.25. The van der Waals surface area contributed by atoms with Crippen LogP contribution in [-0.2, 0) is 4.79 Å². The summed E-state index contributed by atoms with van der Waals surface area (Å²) in [6, 6.07) is 9.73. The van der Waals surface area contributed by atoms with Gasteiger partial charge in [0.2, 0.25) is 0 Å². The van der Waals surface area contributed by atoms with Gasteiger partial charge in [0.25, 0.3) is 5.91 Å². The fourth-order valence-electron chi connectivity index (χ4n) is 3.43. The number of benzene rings is 1. The summed E-state index contributed by atoms with van der Waals surface area (Å²) in [5.41, 5.74) is 2.36. The number of hydrogen-bond acceptors (Lipinski definition) is 3. The Labute approximate surface area is 147 Å². The number of carbonyl (C=O) groups excluding carboxylic acids is 1. The molecule has 0 aliphatic carbocycles. The molecule has 0 spiro atoms. The molecule has 0 saturated carbocycles. The lowest BCUT2D eigenvalue weighted by Crippen LogP contribution is -2.40.